The molecule has 1 atom stereocenters. The maximum Gasteiger partial charge on any atom is 0.417 e. The molecule has 0 N–H and O–H groups in total. The van der Waals surface area contributed by atoms with E-state index < -0.39 is 11.7 Å². The largest absolute Gasteiger partial charge is 0.417 e. The van der Waals surface area contributed by atoms with E-state index in [0.717, 1.165) is 6.07 Å². The van der Waals surface area contributed by atoms with Crippen molar-refractivity contribution in [3.63, 3.8) is 0 Å². The third-order valence-electron chi connectivity index (χ3n) is 5.44. The van der Waals surface area contributed by atoms with E-state index in [4.69, 9.17) is 4.52 Å². The molecule has 1 aliphatic heterocycles. The number of aromatic nitrogens is 4. The van der Waals surface area contributed by atoms with Crippen LogP contribution >= 0.6 is 0 Å². The number of aryl methyl sites for hydroxylation is 1. The molecule has 3 aromatic heterocycles. The molecule has 0 aromatic carbocycles. The Morgan fingerprint density at radius 3 is 2.73 bits per heavy atom. The van der Waals surface area contributed by atoms with Gasteiger partial charge in [-0.3, -0.25) is 9.48 Å². The van der Waals surface area contributed by atoms with Crippen molar-refractivity contribution in [2.24, 2.45) is 7.05 Å². The summed E-state index contributed by atoms with van der Waals surface area (Å²) in [6, 6.07) is 1.08. The van der Waals surface area contributed by atoms with Gasteiger partial charge < -0.3 is 9.42 Å². The molecule has 0 bridgehead atoms. The zero-order chi connectivity index (χ0) is 21.6. The van der Waals surface area contributed by atoms with Crippen molar-refractivity contribution in [3.8, 4) is 0 Å². The van der Waals surface area contributed by atoms with E-state index >= 15 is 0 Å². The first-order valence-electron chi connectivity index (χ1n) is 9.80. The first-order chi connectivity index (χ1) is 14.1. The Hall–Kier alpha value is -2.91. The molecule has 30 heavy (non-hydrogen) atoms. The van der Waals surface area contributed by atoms with Gasteiger partial charge in [0.1, 0.15) is 0 Å². The molecule has 7 nitrogen and oxygen atoms in total. The van der Waals surface area contributed by atoms with Gasteiger partial charge in [0.25, 0.3) is 11.6 Å². The van der Waals surface area contributed by atoms with Crippen molar-refractivity contribution >= 4 is 17.0 Å². The molecule has 0 unspecified atom stereocenters. The van der Waals surface area contributed by atoms with E-state index in [2.05, 4.69) is 15.2 Å². The highest BCUT2D eigenvalue weighted by atomic mass is 19.4. The van der Waals surface area contributed by atoms with Crippen molar-refractivity contribution in [2.75, 3.05) is 13.1 Å². The van der Waals surface area contributed by atoms with Crippen LogP contribution in [0.15, 0.2) is 23.0 Å². The van der Waals surface area contributed by atoms with Crippen LogP contribution in [0.1, 0.15) is 65.8 Å². The summed E-state index contributed by atoms with van der Waals surface area (Å²) in [6.07, 6.45) is -0.191. The number of hydrogen-bond donors (Lipinski definition) is 0. The molecule has 4 rings (SSSR count). The monoisotopic (exact) mass is 421 g/mol. The quantitative estimate of drug-likeness (QED) is 0.636. The van der Waals surface area contributed by atoms with E-state index in [9.17, 15) is 18.0 Å². The van der Waals surface area contributed by atoms with Crippen molar-refractivity contribution in [1.29, 1.82) is 0 Å². The molecule has 0 saturated carbocycles. The lowest BCUT2D eigenvalue weighted by Gasteiger charge is -2.31. The Morgan fingerprint density at radius 1 is 1.33 bits per heavy atom. The van der Waals surface area contributed by atoms with Gasteiger partial charge in [-0.2, -0.15) is 18.3 Å². The van der Waals surface area contributed by atoms with E-state index in [1.54, 1.807) is 32.0 Å². The summed E-state index contributed by atoms with van der Waals surface area (Å²) in [4.78, 5) is 18.7. The lowest BCUT2D eigenvalue weighted by Crippen LogP contribution is -2.39. The van der Waals surface area contributed by atoms with Gasteiger partial charge in [0.15, 0.2) is 0 Å². The number of alkyl halides is 3. The zero-order valence-electron chi connectivity index (χ0n) is 16.9. The molecule has 160 valence electrons. The minimum Gasteiger partial charge on any atom is -0.338 e. The normalized spacial score (nSPS) is 17.8. The van der Waals surface area contributed by atoms with Gasteiger partial charge in [-0.15, -0.1) is 0 Å². The second kappa shape index (κ2) is 7.41. The number of pyridine rings is 1. The van der Waals surface area contributed by atoms with Gasteiger partial charge in [-0.05, 0) is 24.8 Å². The average molecular weight is 421 g/mol. The van der Waals surface area contributed by atoms with Gasteiger partial charge in [0.05, 0.1) is 28.4 Å². The average Bonchev–Trinajstić information content (AvgIpc) is 3.32. The van der Waals surface area contributed by atoms with Crippen LogP contribution in [-0.4, -0.2) is 43.8 Å². The maximum atomic E-state index is 13.8. The number of piperidine rings is 1. The van der Waals surface area contributed by atoms with Crippen LogP contribution in [-0.2, 0) is 13.2 Å². The van der Waals surface area contributed by atoms with Gasteiger partial charge in [0, 0.05) is 37.9 Å². The summed E-state index contributed by atoms with van der Waals surface area (Å²) in [7, 11) is 1.72. The van der Waals surface area contributed by atoms with Crippen LogP contribution in [0.4, 0.5) is 13.2 Å². The fraction of sp³-hybridized carbons (Fsp3) is 0.500. The summed E-state index contributed by atoms with van der Waals surface area (Å²) >= 11 is 0. The third-order valence-corrected chi connectivity index (χ3v) is 5.44. The van der Waals surface area contributed by atoms with Crippen LogP contribution in [0.3, 0.4) is 0 Å². The highest BCUT2D eigenvalue weighted by Crippen LogP contribution is 2.40. The maximum absolute atomic E-state index is 13.8. The van der Waals surface area contributed by atoms with Gasteiger partial charge in [0.2, 0.25) is 0 Å². The van der Waals surface area contributed by atoms with Gasteiger partial charge in [-0.1, -0.05) is 19.0 Å². The number of fused-ring (bicyclic) bond motifs is 1. The van der Waals surface area contributed by atoms with Crippen molar-refractivity contribution in [3.05, 3.63) is 41.0 Å². The molecule has 3 aromatic rings. The second-order valence-corrected chi connectivity index (χ2v) is 7.99. The first-order valence-corrected chi connectivity index (χ1v) is 9.80. The molecule has 1 amide bonds. The van der Waals surface area contributed by atoms with Crippen molar-refractivity contribution in [2.45, 2.75) is 44.7 Å². The number of carbonyl (C=O) groups excluding carboxylic acids is 1. The molecule has 1 fully saturated rings. The Kier molecular flexibility index (Phi) is 5.03. The van der Waals surface area contributed by atoms with Crippen molar-refractivity contribution < 1.29 is 22.5 Å². The fourth-order valence-corrected chi connectivity index (χ4v) is 3.89. The molecule has 10 heteroatoms. The molecular weight excluding hydrogens is 399 g/mol. The fourth-order valence-electron chi connectivity index (χ4n) is 3.89. The topological polar surface area (TPSA) is 77.0 Å². The number of nitrogens with zero attached hydrogens (tertiary/aromatic N) is 5. The SMILES string of the molecule is CC(C)c1cc(C(F)(F)F)c2c([C@H]3CCCN(C(=O)c4cnn(C)c4)C3)noc2n1. The number of hydrogen-bond acceptors (Lipinski definition) is 5. The molecule has 4 heterocycles. The van der Waals surface area contributed by atoms with Gasteiger partial charge >= 0.3 is 6.18 Å². The predicted molar refractivity (Wildman–Crippen MR) is 102 cm³/mol. The second-order valence-electron chi connectivity index (χ2n) is 7.99. The summed E-state index contributed by atoms with van der Waals surface area (Å²) in [5.74, 6) is -0.753. The smallest absolute Gasteiger partial charge is 0.338 e. The molecule has 0 radical (unpaired) electrons. The molecule has 0 aliphatic carbocycles. The standard InChI is InChI=1S/C20H22F3N5O2/c1-11(2)15-7-14(20(21,22)23)16-17(26-30-18(16)25-15)12-5-4-6-28(10-12)19(29)13-8-24-27(3)9-13/h7-9,11-12H,4-6,10H2,1-3H3/t12-/m0/s1. The van der Waals surface area contributed by atoms with Crippen LogP contribution in [0.5, 0.6) is 0 Å². The Bertz CT molecular complexity index is 1090. The first kappa shape index (κ1) is 20.4. The van der Waals surface area contributed by atoms with Crippen LogP contribution in [0.2, 0.25) is 0 Å². The van der Waals surface area contributed by atoms with E-state index in [1.165, 1.54) is 10.9 Å². The van der Waals surface area contributed by atoms with Crippen LogP contribution in [0.25, 0.3) is 11.1 Å². The van der Waals surface area contributed by atoms with Crippen LogP contribution in [0, 0.1) is 0 Å². The number of halogens is 3. The Balaban J connectivity index is 1.71. The molecule has 0 spiro atoms. The third kappa shape index (κ3) is 3.66. The molecule has 1 aliphatic rings. The minimum atomic E-state index is -4.56. The lowest BCUT2D eigenvalue weighted by molar-refractivity contribution is -0.136. The highest BCUT2D eigenvalue weighted by Gasteiger charge is 2.38. The summed E-state index contributed by atoms with van der Waals surface area (Å²) in [5, 5.41) is 7.88. The Morgan fingerprint density at radius 2 is 2.10 bits per heavy atom. The highest BCUT2D eigenvalue weighted by molar-refractivity contribution is 5.94. The van der Waals surface area contributed by atoms with Crippen LogP contribution < -0.4 is 0 Å². The number of carbonyl (C=O) groups is 1. The van der Waals surface area contributed by atoms with E-state index in [1.807, 2.05) is 0 Å². The summed E-state index contributed by atoms with van der Waals surface area (Å²) in [5.41, 5.74) is 0.0585. The number of likely N-dealkylation sites (tertiary alicyclic amines) is 1. The minimum absolute atomic E-state index is 0.104. The van der Waals surface area contributed by atoms with Gasteiger partial charge in [-0.25, -0.2) is 4.98 Å². The van der Waals surface area contributed by atoms with E-state index in [-0.39, 0.29) is 41.1 Å². The number of rotatable bonds is 3. The van der Waals surface area contributed by atoms with E-state index in [0.29, 0.717) is 30.6 Å². The zero-order valence-corrected chi connectivity index (χ0v) is 16.9. The molecular formula is C20H22F3N5O2. The predicted octanol–water partition coefficient (Wildman–Crippen LogP) is 4.12. The number of amides is 1. The summed E-state index contributed by atoms with van der Waals surface area (Å²) < 4.78 is 48.3. The Labute approximate surface area is 170 Å². The lowest BCUT2D eigenvalue weighted by atomic mass is 9.91. The summed E-state index contributed by atoms with van der Waals surface area (Å²) in [6.45, 7) is 4.34. The van der Waals surface area contributed by atoms with Crippen molar-refractivity contribution in [1.82, 2.24) is 24.8 Å². The molecule has 1 saturated heterocycles.